The number of hydrogen-bond donors (Lipinski definition) is 8. The van der Waals surface area contributed by atoms with Gasteiger partial charge < -0.3 is 50.5 Å². The molecule has 1 aliphatic heterocycles. The van der Waals surface area contributed by atoms with Gasteiger partial charge in [-0.05, 0) is 71.1 Å². The first-order valence-electron chi connectivity index (χ1n) is 17.9. The molecule has 1 aliphatic rings. The fourth-order valence-corrected chi connectivity index (χ4v) is 5.40. The van der Waals surface area contributed by atoms with E-state index in [1.54, 1.807) is 0 Å². The Kier molecular flexibility index (Phi) is 25.1. The summed E-state index contributed by atoms with van der Waals surface area (Å²) in [4.78, 5) is 12.9. The molecule has 11 heteroatoms. The molecule has 11 nitrogen and oxygen atoms in total. The van der Waals surface area contributed by atoms with Crippen LogP contribution in [0.4, 0.5) is 0 Å². The molecule has 0 spiro atoms. The van der Waals surface area contributed by atoms with E-state index in [1.165, 1.54) is 38.5 Å². The summed E-state index contributed by atoms with van der Waals surface area (Å²) in [5.41, 5.74) is 0. The number of carbonyl (C=O) groups excluding carboxylic acids is 1. The first-order chi connectivity index (χ1) is 22.7. The quantitative estimate of drug-likeness (QED) is 0.0475. The molecule has 0 aromatic carbocycles. The molecule has 0 aliphatic carbocycles. The van der Waals surface area contributed by atoms with Crippen LogP contribution in [0.15, 0.2) is 36.5 Å². The van der Waals surface area contributed by atoms with Crippen LogP contribution in [0.2, 0.25) is 0 Å². The highest BCUT2D eigenvalue weighted by Gasteiger charge is 2.44. The molecular formula is C36H65NO10. The van der Waals surface area contributed by atoms with Crippen molar-refractivity contribution in [2.45, 2.75) is 172 Å². The van der Waals surface area contributed by atoms with Crippen LogP contribution >= 0.6 is 0 Å². The number of rotatable bonds is 27. The molecule has 0 bridgehead atoms. The van der Waals surface area contributed by atoms with Gasteiger partial charge in [0.25, 0.3) is 0 Å². The standard InChI is InChI=1S/C36H65NO10/c1-3-5-7-9-11-13-14-15-16-18-20-22-24-29(40)35(45)37-27(26-46-36-34(44)33(43)32(42)30(25-38)47-36)31(41)28(39)23-21-19-17-12-10-8-6-4-2/h4,6,12,15-17,27-34,36,38-44H,3,5,7-11,13-14,18-26H2,1-2H3,(H,37,45)/b6-4+,16-15-,17-12+. The minimum Gasteiger partial charge on any atom is -0.394 e. The van der Waals surface area contributed by atoms with Crippen LogP contribution in [0.25, 0.3) is 0 Å². The maximum absolute atomic E-state index is 12.9. The van der Waals surface area contributed by atoms with Gasteiger partial charge in [0.2, 0.25) is 5.91 Å². The Morgan fingerprint density at radius 1 is 0.766 bits per heavy atom. The number of carbonyl (C=O) groups is 1. The zero-order chi connectivity index (χ0) is 34.9. The van der Waals surface area contributed by atoms with Crippen molar-refractivity contribution < 1.29 is 50.0 Å². The summed E-state index contributed by atoms with van der Waals surface area (Å²) in [6, 6.07) is -1.19. The molecule has 0 aromatic heterocycles. The van der Waals surface area contributed by atoms with Gasteiger partial charge in [-0.1, -0.05) is 81.9 Å². The normalized spacial score (nSPS) is 24.7. The molecular weight excluding hydrogens is 606 g/mol. The predicted molar refractivity (Wildman–Crippen MR) is 182 cm³/mol. The minimum atomic E-state index is -1.67. The Hall–Kier alpha value is -1.67. The fourth-order valence-electron chi connectivity index (χ4n) is 5.40. The Morgan fingerprint density at radius 2 is 1.36 bits per heavy atom. The summed E-state index contributed by atoms with van der Waals surface area (Å²) in [5, 5.41) is 74.7. The van der Waals surface area contributed by atoms with Crippen molar-refractivity contribution in [2.24, 2.45) is 0 Å². The molecule has 0 saturated carbocycles. The summed E-state index contributed by atoms with van der Waals surface area (Å²) in [5.74, 6) is -0.735. The van der Waals surface area contributed by atoms with E-state index in [0.717, 1.165) is 32.1 Å². The van der Waals surface area contributed by atoms with Crippen molar-refractivity contribution in [3.8, 4) is 0 Å². The first-order valence-corrected chi connectivity index (χ1v) is 17.9. The van der Waals surface area contributed by atoms with E-state index in [-0.39, 0.29) is 12.8 Å². The van der Waals surface area contributed by atoms with Crippen molar-refractivity contribution in [3.05, 3.63) is 36.5 Å². The Balaban J connectivity index is 2.64. The second-order valence-corrected chi connectivity index (χ2v) is 12.6. The van der Waals surface area contributed by atoms with Crippen LogP contribution in [0.3, 0.4) is 0 Å². The van der Waals surface area contributed by atoms with Gasteiger partial charge in [-0.25, -0.2) is 0 Å². The number of allylic oxidation sites excluding steroid dienone is 6. The van der Waals surface area contributed by atoms with Crippen molar-refractivity contribution in [3.63, 3.8) is 0 Å². The number of aliphatic hydroxyl groups is 7. The van der Waals surface area contributed by atoms with Crippen LogP contribution in [0.5, 0.6) is 0 Å². The SMILES string of the molecule is C/C=C/CC/C=C/CCCC(O)C(O)C(COC1OC(CO)C(O)C(O)C1O)NC(=O)C(O)CCCC/C=C\CCCCCCCC. The summed E-state index contributed by atoms with van der Waals surface area (Å²) >= 11 is 0. The van der Waals surface area contributed by atoms with Crippen molar-refractivity contribution >= 4 is 5.91 Å². The minimum absolute atomic E-state index is 0.219. The first kappa shape index (κ1) is 43.4. The van der Waals surface area contributed by atoms with Crippen LogP contribution in [0.1, 0.15) is 117 Å². The van der Waals surface area contributed by atoms with E-state index in [0.29, 0.717) is 19.3 Å². The second-order valence-electron chi connectivity index (χ2n) is 12.6. The van der Waals surface area contributed by atoms with Gasteiger partial charge in [-0.3, -0.25) is 4.79 Å². The number of hydrogen-bond acceptors (Lipinski definition) is 10. The number of unbranched alkanes of at least 4 members (excludes halogenated alkanes) is 10. The lowest BCUT2D eigenvalue weighted by molar-refractivity contribution is -0.303. The topological polar surface area (TPSA) is 189 Å². The summed E-state index contributed by atoms with van der Waals surface area (Å²) in [6.07, 6.45) is 15.4. The number of nitrogens with one attached hydrogen (secondary N) is 1. The maximum atomic E-state index is 12.9. The van der Waals surface area contributed by atoms with E-state index in [2.05, 4.69) is 36.5 Å². The maximum Gasteiger partial charge on any atom is 0.249 e. The zero-order valence-corrected chi connectivity index (χ0v) is 28.7. The predicted octanol–water partition coefficient (Wildman–Crippen LogP) is 3.32. The van der Waals surface area contributed by atoms with Gasteiger partial charge in [0, 0.05) is 0 Å². The average Bonchev–Trinajstić information content (AvgIpc) is 3.07. The van der Waals surface area contributed by atoms with E-state index in [4.69, 9.17) is 9.47 Å². The van der Waals surface area contributed by atoms with Gasteiger partial charge in [-0.15, -0.1) is 0 Å². The van der Waals surface area contributed by atoms with Crippen molar-refractivity contribution in [2.75, 3.05) is 13.2 Å². The highest BCUT2D eigenvalue weighted by Crippen LogP contribution is 2.23. The van der Waals surface area contributed by atoms with Crippen LogP contribution in [-0.2, 0) is 14.3 Å². The molecule has 8 N–H and O–H groups in total. The molecule has 0 radical (unpaired) electrons. The van der Waals surface area contributed by atoms with Crippen LogP contribution < -0.4 is 5.32 Å². The zero-order valence-electron chi connectivity index (χ0n) is 28.7. The number of ether oxygens (including phenoxy) is 2. The summed E-state index contributed by atoms with van der Waals surface area (Å²) in [7, 11) is 0. The lowest BCUT2D eigenvalue weighted by atomic mass is 9.98. The summed E-state index contributed by atoms with van der Waals surface area (Å²) < 4.78 is 11.0. The van der Waals surface area contributed by atoms with Crippen LogP contribution in [-0.4, -0.2) is 110 Å². The van der Waals surface area contributed by atoms with Gasteiger partial charge >= 0.3 is 0 Å². The molecule has 9 unspecified atom stereocenters. The molecule has 9 atom stereocenters. The molecule has 1 fully saturated rings. The van der Waals surface area contributed by atoms with E-state index in [1.807, 2.05) is 19.1 Å². The van der Waals surface area contributed by atoms with Gasteiger partial charge in [0.1, 0.15) is 36.6 Å². The molecule has 0 aromatic rings. The summed E-state index contributed by atoms with van der Waals surface area (Å²) in [6.45, 7) is 3.09. The third-order valence-electron chi connectivity index (χ3n) is 8.49. The highest BCUT2D eigenvalue weighted by atomic mass is 16.7. The smallest absolute Gasteiger partial charge is 0.249 e. The molecule has 47 heavy (non-hydrogen) atoms. The number of aliphatic hydroxyl groups excluding tert-OH is 7. The lowest BCUT2D eigenvalue weighted by Gasteiger charge is -2.40. The highest BCUT2D eigenvalue weighted by molar-refractivity contribution is 5.80. The van der Waals surface area contributed by atoms with E-state index >= 15 is 0 Å². The van der Waals surface area contributed by atoms with Gasteiger partial charge in [-0.2, -0.15) is 0 Å². The third-order valence-corrected chi connectivity index (χ3v) is 8.49. The van der Waals surface area contributed by atoms with Gasteiger partial charge in [0.05, 0.1) is 25.4 Å². The largest absolute Gasteiger partial charge is 0.394 e. The lowest BCUT2D eigenvalue weighted by Crippen LogP contribution is -2.60. The fraction of sp³-hybridized carbons (Fsp3) is 0.806. The van der Waals surface area contributed by atoms with Gasteiger partial charge in [0.15, 0.2) is 6.29 Å². The monoisotopic (exact) mass is 671 g/mol. The third kappa shape index (κ3) is 18.6. The Bertz CT molecular complexity index is 867. The van der Waals surface area contributed by atoms with Crippen molar-refractivity contribution in [1.29, 1.82) is 0 Å². The molecule has 1 heterocycles. The van der Waals surface area contributed by atoms with E-state index in [9.17, 15) is 40.5 Å². The molecule has 1 amide bonds. The molecule has 274 valence electrons. The Labute approximate surface area is 282 Å². The second kappa shape index (κ2) is 27.2. The number of amides is 1. The molecule has 1 saturated heterocycles. The average molecular weight is 672 g/mol. The van der Waals surface area contributed by atoms with Crippen molar-refractivity contribution in [1.82, 2.24) is 5.32 Å². The van der Waals surface area contributed by atoms with Crippen LogP contribution in [0, 0.1) is 0 Å². The molecule has 1 rings (SSSR count). The van der Waals surface area contributed by atoms with E-state index < -0.39 is 74.2 Å². The Morgan fingerprint density at radius 3 is 2.02 bits per heavy atom.